The lowest BCUT2D eigenvalue weighted by Crippen LogP contribution is -2.39. The molecule has 0 saturated carbocycles. The molecule has 2 nitrogen and oxygen atoms in total. The summed E-state index contributed by atoms with van der Waals surface area (Å²) in [5, 5.41) is 3.54. The van der Waals surface area contributed by atoms with E-state index < -0.39 is 0 Å². The molecule has 0 spiro atoms. The van der Waals surface area contributed by atoms with Gasteiger partial charge < -0.3 is 10.2 Å². The smallest absolute Gasteiger partial charge is 0.00218 e. The van der Waals surface area contributed by atoms with Crippen LogP contribution in [0.4, 0.5) is 0 Å². The zero-order chi connectivity index (χ0) is 12.3. The van der Waals surface area contributed by atoms with Gasteiger partial charge in [-0.15, -0.1) is 0 Å². The third kappa shape index (κ3) is 7.05. The van der Waals surface area contributed by atoms with Crippen LogP contribution in [-0.4, -0.2) is 37.6 Å². The monoisotopic (exact) mass is 240 g/mol. The molecule has 102 valence electrons. The molecule has 1 N–H and O–H groups in total. The quantitative estimate of drug-likeness (QED) is 0.622. The van der Waals surface area contributed by atoms with Crippen LogP contribution in [0.2, 0.25) is 0 Å². The van der Waals surface area contributed by atoms with E-state index in [-0.39, 0.29) is 0 Å². The third-order valence-electron chi connectivity index (χ3n) is 3.82. The Balaban J connectivity index is 2.22. The van der Waals surface area contributed by atoms with Gasteiger partial charge in [0.05, 0.1) is 0 Å². The van der Waals surface area contributed by atoms with Gasteiger partial charge in [0.15, 0.2) is 0 Å². The second kappa shape index (κ2) is 9.90. The van der Waals surface area contributed by atoms with Crippen molar-refractivity contribution >= 4 is 0 Å². The van der Waals surface area contributed by atoms with Crippen molar-refractivity contribution in [3.8, 4) is 0 Å². The maximum Gasteiger partial charge on any atom is 0.00218 e. The van der Waals surface area contributed by atoms with Crippen LogP contribution in [0.5, 0.6) is 0 Å². The highest BCUT2D eigenvalue weighted by atomic mass is 15.1. The first-order valence-electron chi connectivity index (χ1n) is 7.79. The summed E-state index contributed by atoms with van der Waals surface area (Å²) in [6.07, 6.45) is 9.63. The third-order valence-corrected chi connectivity index (χ3v) is 3.82. The van der Waals surface area contributed by atoms with Crippen molar-refractivity contribution in [1.82, 2.24) is 10.2 Å². The predicted molar refractivity (Wildman–Crippen MR) is 76.5 cm³/mol. The molecule has 17 heavy (non-hydrogen) atoms. The Kier molecular flexibility index (Phi) is 8.72. The van der Waals surface area contributed by atoms with Gasteiger partial charge in [-0.1, -0.05) is 33.1 Å². The standard InChI is InChI=1S/C15H32N2/c1-3-5-7-12-17(11-6-4-2)14-15-9-8-10-16-13-15/h15-16H,3-14H2,1-2H3. The van der Waals surface area contributed by atoms with E-state index in [0.717, 1.165) is 5.92 Å². The Morgan fingerprint density at radius 1 is 1.06 bits per heavy atom. The van der Waals surface area contributed by atoms with E-state index in [0.29, 0.717) is 0 Å². The number of piperidine rings is 1. The summed E-state index contributed by atoms with van der Waals surface area (Å²) in [5.41, 5.74) is 0. The zero-order valence-corrected chi connectivity index (χ0v) is 12.0. The summed E-state index contributed by atoms with van der Waals surface area (Å²) in [7, 11) is 0. The minimum absolute atomic E-state index is 0.905. The fourth-order valence-electron chi connectivity index (χ4n) is 2.71. The molecular formula is C15H32N2. The molecule has 1 fully saturated rings. The zero-order valence-electron chi connectivity index (χ0n) is 12.0. The first-order chi connectivity index (χ1) is 8.36. The molecule has 1 heterocycles. The lowest BCUT2D eigenvalue weighted by atomic mass is 9.99. The number of rotatable bonds is 9. The summed E-state index contributed by atoms with van der Waals surface area (Å²) in [6, 6.07) is 0. The number of nitrogens with zero attached hydrogens (tertiary/aromatic N) is 1. The topological polar surface area (TPSA) is 15.3 Å². The van der Waals surface area contributed by atoms with Crippen LogP contribution in [0.25, 0.3) is 0 Å². The Bertz CT molecular complexity index is 164. The summed E-state index contributed by atoms with van der Waals surface area (Å²) in [6.45, 7) is 11.0. The summed E-state index contributed by atoms with van der Waals surface area (Å²) < 4.78 is 0. The molecule has 1 aliphatic rings. The molecule has 0 bridgehead atoms. The Hall–Kier alpha value is -0.0800. The fraction of sp³-hybridized carbons (Fsp3) is 1.00. The van der Waals surface area contributed by atoms with Gasteiger partial charge in [0.25, 0.3) is 0 Å². The van der Waals surface area contributed by atoms with Gasteiger partial charge in [-0.25, -0.2) is 0 Å². The SMILES string of the molecule is CCCCCN(CCCC)CC1CCCNC1. The summed E-state index contributed by atoms with van der Waals surface area (Å²) >= 11 is 0. The van der Waals surface area contributed by atoms with Crippen LogP contribution in [0.15, 0.2) is 0 Å². The average Bonchev–Trinajstić information content (AvgIpc) is 2.37. The van der Waals surface area contributed by atoms with Crippen molar-refractivity contribution in [3.63, 3.8) is 0 Å². The average molecular weight is 240 g/mol. The molecule has 1 aliphatic heterocycles. The van der Waals surface area contributed by atoms with Crippen molar-refractivity contribution < 1.29 is 0 Å². The molecule has 2 heteroatoms. The van der Waals surface area contributed by atoms with Gasteiger partial charge in [-0.2, -0.15) is 0 Å². The minimum atomic E-state index is 0.905. The number of hydrogen-bond donors (Lipinski definition) is 1. The molecule has 0 aromatic carbocycles. The highest BCUT2D eigenvalue weighted by Gasteiger charge is 2.16. The molecule has 0 aromatic rings. The van der Waals surface area contributed by atoms with E-state index in [1.165, 1.54) is 77.7 Å². The Morgan fingerprint density at radius 3 is 2.47 bits per heavy atom. The van der Waals surface area contributed by atoms with E-state index in [9.17, 15) is 0 Å². The van der Waals surface area contributed by atoms with E-state index in [4.69, 9.17) is 0 Å². The van der Waals surface area contributed by atoms with Crippen molar-refractivity contribution in [2.24, 2.45) is 5.92 Å². The molecule has 1 saturated heterocycles. The summed E-state index contributed by atoms with van der Waals surface area (Å²) in [4.78, 5) is 2.72. The van der Waals surface area contributed by atoms with Crippen molar-refractivity contribution in [3.05, 3.63) is 0 Å². The lowest BCUT2D eigenvalue weighted by Gasteiger charge is -2.30. The van der Waals surface area contributed by atoms with Gasteiger partial charge >= 0.3 is 0 Å². The molecule has 0 radical (unpaired) electrons. The van der Waals surface area contributed by atoms with Gasteiger partial charge in [-0.3, -0.25) is 0 Å². The van der Waals surface area contributed by atoms with Crippen LogP contribution in [-0.2, 0) is 0 Å². The number of unbranched alkanes of at least 4 members (excludes halogenated alkanes) is 3. The highest BCUT2D eigenvalue weighted by Crippen LogP contribution is 2.13. The lowest BCUT2D eigenvalue weighted by molar-refractivity contribution is 0.202. The molecule has 1 rings (SSSR count). The van der Waals surface area contributed by atoms with Gasteiger partial charge in [-0.05, 0) is 57.8 Å². The number of hydrogen-bond acceptors (Lipinski definition) is 2. The maximum atomic E-state index is 3.54. The van der Waals surface area contributed by atoms with E-state index in [2.05, 4.69) is 24.1 Å². The molecule has 0 amide bonds. The molecule has 1 unspecified atom stereocenters. The van der Waals surface area contributed by atoms with Crippen molar-refractivity contribution in [1.29, 1.82) is 0 Å². The molecule has 0 aliphatic carbocycles. The normalized spacial score (nSPS) is 21.0. The fourth-order valence-corrected chi connectivity index (χ4v) is 2.71. The first-order valence-corrected chi connectivity index (χ1v) is 7.79. The molecule has 0 aromatic heterocycles. The van der Waals surface area contributed by atoms with Crippen molar-refractivity contribution in [2.75, 3.05) is 32.7 Å². The second-order valence-corrected chi connectivity index (χ2v) is 5.57. The van der Waals surface area contributed by atoms with Crippen LogP contribution < -0.4 is 5.32 Å². The minimum Gasteiger partial charge on any atom is -0.316 e. The molecule has 1 atom stereocenters. The summed E-state index contributed by atoms with van der Waals surface area (Å²) in [5.74, 6) is 0.905. The Labute approximate surface area is 108 Å². The highest BCUT2D eigenvalue weighted by molar-refractivity contribution is 4.73. The van der Waals surface area contributed by atoms with Crippen LogP contribution in [0.3, 0.4) is 0 Å². The van der Waals surface area contributed by atoms with E-state index in [1.54, 1.807) is 0 Å². The van der Waals surface area contributed by atoms with Gasteiger partial charge in [0, 0.05) is 6.54 Å². The van der Waals surface area contributed by atoms with Crippen LogP contribution >= 0.6 is 0 Å². The van der Waals surface area contributed by atoms with E-state index >= 15 is 0 Å². The van der Waals surface area contributed by atoms with Gasteiger partial charge in [0.1, 0.15) is 0 Å². The largest absolute Gasteiger partial charge is 0.316 e. The van der Waals surface area contributed by atoms with Crippen LogP contribution in [0, 0.1) is 5.92 Å². The molecular weight excluding hydrogens is 208 g/mol. The Morgan fingerprint density at radius 2 is 1.82 bits per heavy atom. The first kappa shape index (κ1) is 15.0. The second-order valence-electron chi connectivity index (χ2n) is 5.57. The van der Waals surface area contributed by atoms with Crippen LogP contribution in [0.1, 0.15) is 58.8 Å². The van der Waals surface area contributed by atoms with Crippen molar-refractivity contribution in [2.45, 2.75) is 58.8 Å². The maximum absolute atomic E-state index is 3.54. The van der Waals surface area contributed by atoms with Gasteiger partial charge in [0.2, 0.25) is 0 Å². The predicted octanol–water partition coefficient (Wildman–Crippen LogP) is 3.28. The van der Waals surface area contributed by atoms with E-state index in [1.807, 2.05) is 0 Å². The number of nitrogens with one attached hydrogen (secondary N) is 1.